The molecule has 0 bridgehead atoms. The van der Waals surface area contributed by atoms with Gasteiger partial charge in [0.1, 0.15) is 5.75 Å². The molecule has 0 spiro atoms. The number of aromatic carboxylic acids is 1. The molecule has 1 aromatic heterocycles. The Morgan fingerprint density at radius 2 is 1.94 bits per heavy atom. The summed E-state index contributed by atoms with van der Waals surface area (Å²) in [6.45, 7) is 4.01. The molecular weight excluding hydrogens is 230 g/mol. The van der Waals surface area contributed by atoms with Crippen LogP contribution in [0.4, 0.5) is 0 Å². The van der Waals surface area contributed by atoms with Crippen LogP contribution in [0.25, 0.3) is 0 Å². The summed E-state index contributed by atoms with van der Waals surface area (Å²) in [5.41, 5.74) is 2.44. The van der Waals surface area contributed by atoms with Crippen molar-refractivity contribution >= 4 is 5.97 Å². The summed E-state index contributed by atoms with van der Waals surface area (Å²) in [6, 6.07) is 8.50. The zero-order chi connectivity index (χ0) is 13.1. The first-order valence-corrected chi connectivity index (χ1v) is 5.51. The quantitative estimate of drug-likeness (QED) is 0.899. The van der Waals surface area contributed by atoms with Crippen molar-refractivity contribution in [2.24, 2.45) is 0 Å². The number of rotatable bonds is 3. The fourth-order valence-electron chi connectivity index (χ4n) is 1.50. The zero-order valence-electron chi connectivity index (χ0n) is 10.2. The van der Waals surface area contributed by atoms with Crippen molar-refractivity contribution in [3.8, 4) is 11.6 Å². The minimum Gasteiger partial charge on any atom is -0.478 e. The molecule has 0 saturated heterocycles. The van der Waals surface area contributed by atoms with E-state index in [2.05, 4.69) is 4.98 Å². The minimum atomic E-state index is -0.998. The van der Waals surface area contributed by atoms with Crippen LogP contribution in [-0.2, 0) is 0 Å². The Morgan fingerprint density at radius 1 is 1.17 bits per heavy atom. The Balaban J connectivity index is 2.25. The molecule has 4 nitrogen and oxygen atoms in total. The van der Waals surface area contributed by atoms with E-state index in [1.807, 2.05) is 32.0 Å². The lowest BCUT2D eigenvalue weighted by molar-refractivity contribution is 0.0696. The molecule has 1 heterocycles. The van der Waals surface area contributed by atoms with Gasteiger partial charge in [-0.15, -0.1) is 0 Å². The number of aryl methyl sites for hydroxylation is 2. The fraction of sp³-hybridized carbons (Fsp3) is 0.143. The molecule has 0 fully saturated rings. The van der Waals surface area contributed by atoms with Gasteiger partial charge in [-0.3, -0.25) is 0 Å². The second-order valence-corrected chi connectivity index (χ2v) is 4.04. The van der Waals surface area contributed by atoms with Crippen LogP contribution in [0.3, 0.4) is 0 Å². The van der Waals surface area contributed by atoms with E-state index < -0.39 is 5.97 Å². The zero-order valence-corrected chi connectivity index (χ0v) is 10.2. The van der Waals surface area contributed by atoms with Gasteiger partial charge in [0.2, 0.25) is 5.88 Å². The number of carboxylic acids is 1. The standard InChI is InChI=1S/C14H13NO3/c1-9-3-4-12(7-10(9)2)18-13-8-11(14(16)17)5-6-15-13/h3-8H,1-2H3,(H,16,17). The van der Waals surface area contributed by atoms with E-state index in [9.17, 15) is 4.79 Å². The monoisotopic (exact) mass is 243 g/mol. The molecule has 0 aliphatic carbocycles. The summed E-state index contributed by atoms with van der Waals surface area (Å²) in [7, 11) is 0. The van der Waals surface area contributed by atoms with Crippen molar-refractivity contribution in [2.75, 3.05) is 0 Å². The smallest absolute Gasteiger partial charge is 0.335 e. The number of benzene rings is 1. The Kier molecular flexibility index (Phi) is 3.28. The number of aromatic nitrogens is 1. The number of carboxylic acid groups (broad SMARTS) is 1. The van der Waals surface area contributed by atoms with Gasteiger partial charge >= 0.3 is 5.97 Å². The molecule has 92 valence electrons. The van der Waals surface area contributed by atoms with E-state index in [4.69, 9.17) is 9.84 Å². The van der Waals surface area contributed by atoms with Crippen LogP contribution < -0.4 is 4.74 Å². The summed E-state index contributed by atoms with van der Waals surface area (Å²) < 4.78 is 5.53. The van der Waals surface area contributed by atoms with Gasteiger partial charge in [0.05, 0.1) is 5.56 Å². The maximum atomic E-state index is 10.8. The highest BCUT2D eigenvalue weighted by Gasteiger charge is 2.06. The lowest BCUT2D eigenvalue weighted by Crippen LogP contribution is -1.97. The van der Waals surface area contributed by atoms with Gasteiger partial charge in [-0.2, -0.15) is 0 Å². The first kappa shape index (κ1) is 12.1. The van der Waals surface area contributed by atoms with Crippen LogP contribution in [0.1, 0.15) is 21.5 Å². The van der Waals surface area contributed by atoms with Crippen molar-refractivity contribution in [3.05, 3.63) is 53.2 Å². The predicted molar refractivity (Wildman–Crippen MR) is 67.2 cm³/mol. The average molecular weight is 243 g/mol. The van der Waals surface area contributed by atoms with Crippen molar-refractivity contribution in [3.63, 3.8) is 0 Å². The molecule has 2 rings (SSSR count). The van der Waals surface area contributed by atoms with Gasteiger partial charge in [0, 0.05) is 12.3 Å². The Bertz CT molecular complexity index is 593. The SMILES string of the molecule is Cc1ccc(Oc2cc(C(=O)O)ccn2)cc1C. The maximum absolute atomic E-state index is 10.8. The molecule has 18 heavy (non-hydrogen) atoms. The number of ether oxygens (including phenoxy) is 1. The number of hydrogen-bond acceptors (Lipinski definition) is 3. The molecule has 0 radical (unpaired) electrons. The normalized spacial score (nSPS) is 10.1. The second-order valence-electron chi connectivity index (χ2n) is 4.04. The first-order valence-electron chi connectivity index (χ1n) is 5.51. The highest BCUT2D eigenvalue weighted by molar-refractivity contribution is 5.87. The van der Waals surface area contributed by atoms with E-state index in [1.165, 1.54) is 23.9 Å². The van der Waals surface area contributed by atoms with Crippen LogP contribution in [0.5, 0.6) is 11.6 Å². The molecular formula is C14H13NO3. The van der Waals surface area contributed by atoms with E-state index in [1.54, 1.807) is 0 Å². The second kappa shape index (κ2) is 4.87. The first-order chi connectivity index (χ1) is 8.56. The van der Waals surface area contributed by atoms with Gasteiger partial charge < -0.3 is 9.84 Å². The molecule has 0 aliphatic rings. The van der Waals surface area contributed by atoms with E-state index >= 15 is 0 Å². The topological polar surface area (TPSA) is 59.4 Å². The lowest BCUT2D eigenvalue weighted by Gasteiger charge is -2.07. The summed E-state index contributed by atoms with van der Waals surface area (Å²) in [5, 5.41) is 8.87. The van der Waals surface area contributed by atoms with Crippen molar-refractivity contribution in [1.82, 2.24) is 4.98 Å². The highest BCUT2D eigenvalue weighted by Crippen LogP contribution is 2.22. The Labute approximate surface area is 105 Å². The summed E-state index contributed by atoms with van der Waals surface area (Å²) in [6.07, 6.45) is 1.42. The third-order valence-electron chi connectivity index (χ3n) is 2.68. The van der Waals surface area contributed by atoms with Crippen molar-refractivity contribution in [1.29, 1.82) is 0 Å². The third-order valence-corrected chi connectivity index (χ3v) is 2.68. The summed E-state index contributed by atoms with van der Waals surface area (Å²) in [4.78, 5) is 14.8. The van der Waals surface area contributed by atoms with Gasteiger partial charge in [-0.05, 0) is 43.2 Å². The summed E-state index contributed by atoms with van der Waals surface area (Å²) in [5.74, 6) is -0.0753. The van der Waals surface area contributed by atoms with Crippen LogP contribution in [0, 0.1) is 13.8 Å². The molecule has 1 N–H and O–H groups in total. The van der Waals surface area contributed by atoms with Crippen LogP contribution in [0.2, 0.25) is 0 Å². The molecule has 0 atom stereocenters. The number of nitrogens with zero attached hydrogens (tertiary/aromatic N) is 1. The molecule has 0 saturated carbocycles. The largest absolute Gasteiger partial charge is 0.478 e. The maximum Gasteiger partial charge on any atom is 0.335 e. The fourth-order valence-corrected chi connectivity index (χ4v) is 1.50. The van der Waals surface area contributed by atoms with E-state index in [0.29, 0.717) is 5.75 Å². The molecule has 1 aromatic carbocycles. The molecule has 2 aromatic rings. The lowest BCUT2D eigenvalue weighted by atomic mass is 10.1. The Morgan fingerprint density at radius 3 is 2.61 bits per heavy atom. The van der Waals surface area contributed by atoms with Gasteiger partial charge in [-0.25, -0.2) is 9.78 Å². The molecule has 4 heteroatoms. The van der Waals surface area contributed by atoms with Gasteiger partial charge in [0.15, 0.2) is 0 Å². The van der Waals surface area contributed by atoms with Crippen molar-refractivity contribution < 1.29 is 14.6 Å². The van der Waals surface area contributed by atoms with Crippen molar-refractivity contribution in [2.45, 2.75) is 13.8 Å². The Hall–Kier alpha value is -2.36. The molecule has 0 unspecified atom stereocenters. The van der Waals surface area contributed by atoms with Gasteiger partial charge in [0.25, 0.3) is 0 Å². The highest BCUT2D eigenvalue weighted by atomic mass is 16.5. The number of carbonyl (C=O) groups is 1. The van der Waals surface area contributed by atoms with E-state index in [0.717, 1.165) is 5.56 Å². The van der Waals surface area contributed by atoms with Crippen LogP contribution in [-0.4, -0.2) is 16.1 Å². The number of pyridine rings is 1. The van der Waals surface area contributed by atoms with Crippen LogP contribution in [0.15, 0.2) is 36.5 Å². The van der Waals surface area contributed by atoms with Gasteiger partial charge in [-0.1, -0.05) is 6.07 Å². The summed E-state index contributed by atoms with van der Waals surface area (Å²) >= 11 is 0. The average Bonchev–Trinajstić information content (AvgIpc) is 2.34. The predicted octanol–water partition coefficient (Wildman–Crippen LogP) is 3.19. The van der Waals surface area contributed by atoms with Crippen LogP contribution >= 0.6 is 0 Å². The number of hydrogen-bond donors (Lipinski definition) is 1. The van der Waals surface area contributed by atoms with E-state index in [-0.39, 0.29) is 11.4 Å². The minimum absolute atomic E-state index is 0.156. The molecule has 0 amide bonds. The third kappa shape index (κ3) is 2.66. The molecule has 0 aliphatic heterocycles.